The van der Waals surface area contributed by atoms with Crippen molar-refractivity contribution in [2.24, 2.45) is 0 Å². The van der Waals surface area contributed by atoms with Crippen LogP contribution in [0.25, 0.3) is 0 Å². The van der Waals surface area contributed by atoms with E-state index in [1.165, 1.54) is 0 Å². The first kappa shape index (κ1) is 11.2. The number of carbonyl (C=O) groups is 1. The summed E-state index contributed by atoms with van der Waals surface area (Å²) in [6, 6.07) is 1.84. The molecule has 0 fully saturated rings. The largest absolute Gasteiger partial charge is 0.353 e. The van der Waals surface area contributed by atoms with Gasteiger partial charge in [-0.1, -0.05) is 6.92 Å². The number of amides is 1. The highest BCUT2D eigenvalue weighted by Crippen LogP contribution is 2.25. The van der Waals surface area contributed by atoms with Gasteiger partial charge < -0.3 is 5.32 Å². The zero-order valence-corrected chi connectivity index (χ0v) is 9.77. The Bertz CT molecular complexity index is 188. The van der Waals surface area contributed by atoms with Crippen LogP contribution in [0.15, 0.2) is 0 Å². The smallest absolute Gasteiger partial charge is 0.261 e. The highest BCUT2D eigenvalue weighted by atomic mass is 127. The Morgan fingerprint density at radius 2 is 2.45 bits per heavy atom. The minimum Gasteiger partial charge on any atom is -0.353 e. The topological polar surface area (TPSA) is 52.9 Å². The van der Waals surface area contributed by atoms with E-state index in [-0.39, 0.29) is 5.91 Å². The van der Waals surface area contributed by atoms with E-state index in [0.29, 0.717) is 6.54 Å². The number of alkyl halides is 2. The van der Waals surface area contributed by atoms with Crippen LogP contribution in [0.2, 0.25) is 0 Å². The van der Waals surface area contributed by atoms with Crippen molar-refractivity contribution in [1.29, 1.82) is 5.26 Å². The lowest BCUT2D eigenvalue weighted by Crippen LogP contribution is -2.36. The number of hydrogen-bond donors (Lipinski definition) is 1. The van der Waals surface area contributed by atoms with E-state index in [1.54, 1.807) is 22.6 Å². The number of rotatable bonds is 3. The lowest BCUT2D eigenvalue weighted by molar-refractivity contribution is -0.119. The molecule has 1 atom stereocenters. The summed E-state index contributed by atoms with van der Waals surface area (Å²) in [5.74, 6) is -0.289. The van der Waals surface area contributed by atoms with Crippen molar-refractivity contribution in [3.63, 3.8) is 0 Å². The molecule has 0 radical (unpaired) electrons. The molecule has 1 unspecified atom stereocenters. The normalized spacial score (nSPS) is 14.7. The van der Waals surface area contributed by atoms with Crippen molar-refractivity contribution in [2.45, 2.75) is 15.7 Å². The quantitative estimate of drug-likeness (QED) is 0.630. The van der Waals surface area contributed by atoms with Crippen LogP contribution in [-0.4, -0.2) is 14.8 Å². The van der Waals surface area contributed by atoms with Crippen molar-refractivity contribution >= 4 is 44.4 Å². The fraction of sp³-hybridized carbons (Fsp3) is 0.667. The van der Waals surface area contributed by atoms with Crippen LogP contribution in [0, 0.1) is 11.3 Å². The SMILES string of the molecule is CCCNC(=O)C(Br)(I)C#N. The predicted molar refractivity (Wildman–Crippen MR) is 54.6 cm³/mol. The molecule has 0 aromatic rings. The van der Waals surface area contributed by atoms with Gasteiger partial charge in [0.15, 0.2) is 0 Å². The summed E-state index contributed by atoms with van der Waals surface area (Å²) in [6.07, 6.45) is 0.872. The second kappa shape index (κ2) is 4.93. The number of carbonyl (C=O) groups excluding carboxylic acids is 1. The fourth-order valence-electron chi connectivity index (χ4n) is 0.400. The van der Waals surface area contributed by atoms with Gasteiger partial charge in [-0.25, -0.2) is 0 Å². The number of nitrogens with zero attached hydrogens (tertiary/aromatic N) is 1. The Kier molecular flexibility index (Phi) is 5.01. The minimum absolute atomic E-state index is 0.289. The maximum atomic E-state index is 11.1. The van der Waals surface area contributed by atoms with Gasteiger partial charge in [0.1, 0.15) is 6.07 Å². The van der Waals surface area contributed by atoms with Crippen LogP contribution in [0.3, 0.4) is 0 Å². The summed E-state index contributed by atoms with van der Waals surface area (Å²) >= 11 is 4.74. The molecular formula is C6H8BrIN2O. The maximum Gasteiger partial charge on any atom is 0.261 e. The van der Waals surface area contributed by atoms with Gasteiger partial charge in [-0.3, -0.25) is 4.79 Å². The van der Waals surface area contributed by atoms with Crippen molar-refractivity contribution in [3.8, 4) is 6.07 Å². The van der Waals surface area contributed by atoms with Crippen LogP contribution in [0.4, 0.5) is 0 Å². The van der Waals surface area contributed by atoms with Gasteiger partial charge in [0.2, 0.25) is 2.33 Å². The molecular weight excluding hydrogens is 323 g/mol. The molecule has 0 saturated heterocycles. The Balaban J connectivity index is 3.95. The minimum atomic E-state index is -1.11. The third-order valence-electron chi connectivity index (χ3n) is 0.961. The summed E-state index contributed by atoms with van der Waals surface area (Å²) < 4.78 is -1.11. The molecule has 0 rings (SSSR count). The van der Waals surface area contributed by atoms with Crippen molar-refractivity contribution in [3.05, 3.63) is 0 Å². The highest BCUT2D eigenvalue weighted by Gasteiger charge is 2.31. The molecule has 3 nitrogen and oxygen atoms in total. The molecule has 0 aromatic heterocycles. The van der Waals surface area contributed by atoms with E-state index in [0.717, 1.165) is 6.42 Å². The molecule has 0 aliphatic carbocycles. The maximum absolute atomic E-state index is 11.1. The summed E-state index contributed by atoms with van der Waals surface area (Å²) in [7, 11) is 0. The van der Waals surface area contributed by atoms with Crippen LogP contribution in [0.1, 0.15) is 13.3 Å². The molecule has 0 bridgehead atoms. The van der Waals surface area contributed by atoms with Crippen LogP contribution < -0.4 is 5.32 Å². The molecule has 0 spiro atoms. The standard InChI is InChI=1S/C6H8BrIN2O/c1-2-3-10-5(11)6(7,8)4-9/h2-3H2,1H3,(H,10,11). The van der Waals surface area contributed by atoms with E-state index in [4.69, 9.17) is 5.26 Å². The highest BCUT2D eigenvalue weighted by molar-refractivity contribution is 14.1. The Hall–Kier alpha value is 0.170. The Morgan fingerprint density at radius 3 is 2.82 bits per heavy atom. The predicted octanol–water partition coefficient (Wildman–Crippen LogP) is 1.56. The number of halogens is 2. The van der Waals surface area contributed by atoms with Gasteiger partial charge in [0, 0.05) is 6.54 Å². The molecule has 0 saturated carbocycles. The van der Waals surface area contributed by atoms with Gasteiger partial charge in [-0.2, -0.15) is 5.26 Å². The van der Waals surface area contributed by atoms with E-state index in [9.17, 15) is 4.79 Å². The zero-order valence-electron chi connectivity index (χ0n) is 6.03. The number of nitriles is 1. The van der Waals surface area contributed by atoms with Crippen LogP contribution in [0.5, 0.6) is 0 Å². The van der Waals surface area contributed by atoms with Gasteiger partial charge in [0.05, 0.1) is 0 Å². The Morgan fingerprint density at radius 1 is 1.91 bits per heavy atom. The molecule has 0 aromatic carbocycles. The van der Waals surface area contributed by atoms with E-state index >= 15 is 0 Å². The first-order chi connectivity index (χ1) is 5.04. The molecule has 5 heteroatoms. The van der Waals surface area contributed by atoms with Crippen LogP contribution in [-0.2, 0) is 4.79 Å². The van der Waals surface area contributed by atoms with Crippen LogP contribution >= 0.6 is 38.5 Å². The number of hydrogen-bond acceptors (Lipinski definition) is 2. The lowest BCUT2D eigenvalue weighted by Gasteiger charge is -2.10. The molecule has 11 heavy (non-hydrogen) atoms. The second-order valence-corrected chi connectivity index (χ2v) is 6.23. The molecule has 1 amide bonds. The average molecular weight is 331 g/mol. The molecule has 62 valence electrons. The fourth-order valence-corrected chi connectivity index (χ4v) is 0.731. The van der Waals surface area contributed by atoms with Gasteiger partial charge in [0.25, 0.3) is 5.91 Å². The monoisotopic (exact) mass is 330 g/mol. The molecule has 0 aliphatic heterocycles. The summed E-state index contributed by atoms with van der Waals surface area (Å²) in [5, 5.41) is 11.1. The number of nitrogens with one attached hydrogen (secondary N) is 1. The third-order valence-corrected chi connectivity index (χ3v) is 2.23. The molecule has 1 N–H and O–H groups in total. The zero-order chi connectivity index (χ0) is 8.91. The van der Waals surface area contributed by atoms with E-state index in [1.807, 2.05) is 13.0 Å². The second-order valence-electron chi connectivity index (χ2n) is 1.94. The van der Waals surface area contributed by atoms with Gasteiger partial charge in [-0.05, 0) is 44.9 Å². The van der Waals surface area contributed by atoms with Crippen molar-refractivity contribution < 1.29 is 4.79 Å². The summed E-state index contributed by atoms with van der Waals surface area (Å²) in [4.78, 5) is 11.1. The van der Waals surface area contributed by atoms with Crippen molar-refractivity contribution in [2.75, 3.05) is 6.54 Å². The first-order valence-corrected chi connectivity index (χ1v) is 4.99. The van der Waals surface area contributed by atoms with Gasteiger partial charge in [-0.15, -0.1) is 0 Å². The first-order valence-electron chi connectivity index (χ1n) is 3.12. The van der Waals surface area contributed by atoms with E-state index in [2.05, 4.69) is 21.2 Å². The summed E-state index contributed by atoms with van der Waals surface area (Å²) in [6.45, 7) is 2.56. The Labute approximate surface area is 87.8 Å². The summed E-state index contributed by atoms with van der Waals surface area (Å²) in [5.41, 5.74) is 0. The lowest BCUT2D eigenvalue weighted by atomic mass is 10.4. The van der Waals surface area contributed by atoms with Gasteiger partial charge >= 0.3 is 0 Å². The van der Waals surface area contributed by atoms with E-state index < -0.39 is 2.33 Å². The molecule has 0 heterocycles. The average Bonchev–Trinajstić information content (AvgIpc) is 2.00. The van der Waals surface area contributed by atoms with Crippen molar-refractivity contribution in [1.82, 2.24) is 5.32 Å². The molecule has 0 aliphatic rings. The third kappa shape index (κ3) is 3.91.